The average Bonchev–Trinajstić information content (AvgIpc) is 2.54. The first kappa shape index (κ1) is 20.8. The summed E-state index contributed by atoms with van der Waals surface area (Å²) in [6.07, 6.45) is 1.82. The first-order valence-corrected chi connectivity index (χ1v) is 6.09. The van der Waals surface area contributed by atoms with Gasteiger partial charge in [-0.3, -0.25) is 9.59 Å². The number of aromatic hydroxyl groups is 2. The molecule has 0 bridgehead atoms. The minimum absolute atomic E-state index is 0.738. The number of hydrogen-bond donors (Lipinski definition) is 4. The molecule has 0 aliphatic carbocycles. The zero-order valence-corrected chi connectivity index (χ0v) is 12.8. The molecule has 0 atom stereocenters. The van der Waals surface area contributed by atoms with Gasteiger partial charge in [0, 0.05) is 12.1 Å². The molecular formula is C12H8O11V. The number of rotatable bonds is 2. The van der Waals surface area contributed by atoms with Crippen LogP contribution >= 0.6 is 0 Å². The Kier molecular flexibility index (Phi) is 8.47. The SMILES string of the molecule is O=C(O)c1occc(=O)c1O.O=C(O)c1occc(=O)c1O.[O]=[V]. The van der Waals surface area contributed by atoms with Crippen molar-refractivity contribution < 1.29 is 59.9 Å². The van der Waals surface area contributed by atoms with Gasteiger partial charge in [0.15, 0.2) is 0 Å². The molecule has 2 rings (SSSR count). The molecule has 0 aliphatic heterocycles. The summed E-state index contributed by atoms with van der Waals surface area (Å²) >= 11 is 1.06. The third-order valence-corrected chi connectivity index (χ3v) is 2.10. The fourth-order valence-corrected chi connectivity index (χ4v) is 1.12. The Labute approximate surface area is 140 Å². The molecule has 4 N–H and O–H groups in total. The zero-order valence-electron chi connectivity index (χ0n) is 11.4. The molecule has 0 aromatic carbocycles. The van der Waals surface area contributed by atoms with Crippen LogP contribution in [0, 0.1) is 0 Å². The Balaban J connectivity index is 0.000000400. The van der Waals surface area contributed by atoms with Gasteiger partial charge in [0.1, 0.15) is 0 Å². The molecule has 0 saturated carbocycles. The standard InChI is InChI=1S/2C6H4O5.O.V/c2*7-3-1-2-11-5(4(3)8)6(9)10;;/h2*1-2,8H,(H,9,10);;. The van der Waals surface area contributed by atoms with Crippen LogP contribution in [0.25, 0.3) is 0 Å². The third kappa shape index (κ3) is 5.55. The van der Waals surface area contributed by atoms with Crippen molar-refractivity contribution in [3.8, 4) is 11.5 Å². The van der Waals surface area contributed by atoms with E-state index in [0.29, 0.717) is 0 Å². The van der Waals surface area contributed by atoms with Crippen molar-refractivity contribution in [3.63, 3.8) is 0 Å². The van der Waals surface area contributed by atoms with Gasteiger partial charge in [-0.25, -0.2) is 9.59 Å². The molecule has 0 aliphatic rings. The van der Waals surface area contributed by atoms with Crippen molar-refractivity contribution >= 4 is 11.9 Å². The Morgan fingerprint density at radius 1 is 0.792 bits per heavy atom. The third-order valence-electron chi connectivity index (χ3n) is 2.10. The van der Waals surface area contributed by atoms with Gasteiger partial charge in [-0.15, -0.1) is 0 Å². The Morgan fingerprint density at radius 3 is 1.29 bits per heavy atom. The van der Waals surface area contributed by atoms with Gasteiger partial charge in [0.2, 0.25) is 22.4 Å². The molecule has 2 aromatic rings. The van der Waals surface area contributed by atoms with E-state index < -0.39 is 45.8 Å². The van der Waals surface area contributed by atoms with Crippen LogP contribution in [0.1, 0.15) is 21.1 Å². The van der Waals surface area contributed by atoms with Crippen molar-refractivity contribution in [2.75, 3.05) is 0 Å². The first-order valence-electron chi connectivity index (χ1n) is 5.52. The fraction of sp³-hybridized carbons (Fsp3) is 0. The molecule has 127 valence electrons. The monoisotopic (exact) mass is 379 g/mol. The van der Waals surface area contributed by atoms with Crippen LogP contribution in [0.2, 0.25) is 0 Å². The van der Waals surface area contributed by atoms with Crippen LogP contribution in [-0.2, 0) is 21.0 Å². The number of carboxylic acid groups (broad SMARTS) is 2. The summed E-state index contributed by atoms with van der Waals surface area (Å²) in [5.41, 5.74) is -1.54. The van der Waals surface area contributed by atoms with Crippen LogP contribution in [-0.4, -0.2) is 32.4 Å². The summed E-state index contributed by atoms with van der Waals surface area (Å²) in [4.78, 5) is 41.5. The van der Waals surface area contributed by atoms with Crippen LogP contribution in [0.3, 0.4) is 0 Å². The normalized spacial score (nSPS) is 8.79. The molecule has 11 nitrogen and oxygen atoms in total. The predicted octanol–water partition coefficient (Wildman–Crippen LogP) is -0.0341. The quantitative estimate of drug-likeness (QED) is 0.547. The molecule has 0 saturated heterocycles. The van der Waals surface area contributed by atoms with Crippen molar-refractivity contribution in [2.24, 2.45) is 0 Å². The number of aromatic carboxylic acids is 2. The van der Waals surface area contributed by atoms with E-state index in [4.69, 9.17) is 24.1 Å². The van der Waals surface area contributed by atoms with Gasteiger partial charge >= 0.3 is 33.0 Å². The van der Waals surface area contributed by atoms with E-state index in [1.165, 1.54) is 0 Å². The van der Waals surface area contributed by atoms with Crippen molar-refractivity contribution in [2.45, 2.75) is 0 Å². The van der Waals surface area contributed by atoms with Crippen LogP contribution in [0.5, 0.6) is 11.5 Å². The second-order valence-electron chi connectivity index (χ2n) is 3.54. The van der Waals surface area contributed by atoms with Gasteiger partial charge in [0.25, 0.3) is 11.5 Å². The van der Waals surface area contributed by atoms with Crippen molar-refractivity contribution in [1.29, 1.82) is 0 Å². The second-order valence-corrected chi connectivity index (χ2v) is 3.54. The summed E-state index contributed by atoms with van der Waals surface area (Å²) in [5, 5.41) is 34.2. The topological polar surface area (TPSA) is 193 Å². The maximum atomic E-state index is 10.6. The summed E-state index contributed by atoms with van der Waals surface area (Å²) in [6, 6.07) is 1.86. The van der Waals surface area contributed by atoms with Gasteiger partial charge in [-0.1, -0.05) is 0 Å². The van der Waals surface area contributed by atoms with Crippen LogP contribution < -0.4 is 10.9 Å². The van der Waals surface area contributed by atoms with Gasteiger partial charge in [-0.05, 0) is 0 Å². The van der Waals surface area contributed by atoms with E-state index in [0.717, 1.165) is 42.0 Å². The molecule has 12 heteroatoms. The average molecular weight is 379 g/mol. The molecule has 24 heavy (non-hydrogen) atoms. The van der Waals surface area contributed by atoms with Gasteiger partial charge in [-0.2, -0.15) is 0 Å². The summed E-state index contributed by atoms with van der Waals surface area (Å²) in [7, 11) is 0. The molecule has 0 spiro atoms. The Morgan fingerprint density at radius 2 is 1.08 bits per heavy atom. The van der Waals surface area contributed by atoms with E-state index >= 15 is 0 Å². The number of carbonyl (C=O) groups is 2. The summed E-state index contributed by atoms with van der Waals surface area (Å²) < 4.78 is 16.9. The molecule has 0 radical (unpaired) electrons. The van der Waals surface area contributed by atoms with E-state index in [9.17, 15) is 19.2 Å². The predicted molar refractivity (Wildman–Crippen MR) is 67.9 cm³/mol. The Bertz CT molecular complexity index is 766. The molecule has 2 heterocycles. The first-order chi connectivity index (χ1) is 11.3. The second kappa shape index (κ2) is 9.76. The van der Waals surface area contributed by atoms with E-state index in [-0.39, 0.29) is 0 Å². The van der Waals surface area contributed by atoms with Crippen molar-refractivity contribution in [3.05, 3.63) is 56.6 Å². The molecule has 2 aromatic heterocycles. The molecule has 0 amide bonds. The van der Waals surface area contributed by atoms with Gasteiger partial charge in [0.05, 0.1) is 12.5 Å². The van der Waals surface area contributed by atoms with Gasteiger partial charge < -0.3 is 29.3 Å². The molecular weight excluding hydrogens is 371 g/mol. The van der Waals surface area contributed by atoms with Crippen LogP contribution in [0.15, 0.2) is 43.1 Å². The van der Waals surface area contributed by atoms with Crippen molar-refractivity contribution in [1.82, 2.24) is 0 Å². The minimum atomic E-state index is -1.47. The van der Waals surface area contributed by atoms with Crippen LogP contribution in [0.4, 0.5) is 0 Å². The summed E-state index contributed by atoms with van der Waals surface area (Å²) in [6.45, 7) is 0. The molecule has 0 fully saturated rings. The van der Waals surface area contributed by atoms with E-state index in [2.05, 4.69) is 8.83 Å². The summed E-state index contributed by atoms with van der Waals surface area (Å²) in [5.74, 6) is -6.17. The van der Waals surface area contributed by atoms with E-state index in [1.54, 1.807) is 0 Å². The maximum absolute atomic E-state index is 10.6. The number of hydrogen-bond acceptors (Lipinski definition) is 9. The fourth-order valence-electron chi connectivity index (χ4n) is 1.12. The Hall–Kier alpha value is -3.18. The van der Waals surface area contributed by atoms with E-state index in [1.807, 2.05) is 0 Å². The molecule has 0 unspecified atom stereocenters. The number of carboxylic acids is 2. The zero-order chi connectivity index (χ0) is 18.9.